The second kappa shape index (κ2) is 6.19. The van der Waals surface area contributed by atoms with Gasteiger partial charge in [0.25, 0.3) is 0 Å². The maximum atomic E-state index is 5.16. The molecule has 0 saturated heterocycles. The zero-order valence-electron chi connectivity index (χ0n) is 9.01. The van der Waals surface area contributed by atoms with Crippen molar-refractivity contribution in [3.05, 3.63) is 0 Å². The number of rotatable bonds is 5. The molecule has 1 rings (SSSR count). The molecule has 0 aromatic rings. The minimum absolute atomic E-state index is 0.279. The van der Waals surface area contributed by atoms with Crippen LogP contribution in [0, 0.1) is 5.92 Å². The second-order valence-corrected chi connectivity index (χ2v) is 4.42. The standard InChI is InChI=1S/C10H20N2OS/c1-8(7-13-2)12-10(14)11-6-9-4-3-5-9/h8-9H,3-7H2,1-2H3,(H2,11,12,14). The Kier molecular flexibility index (Phi) is 5.19. The molecule has 1 fully saturated rings. The van der Waals surface area contributed by atoms with Gasteiger partial charge in [-0.15, -0.1) is 0 Å². The van der Waals surface area contributed by atoms with E-state index in [-0.39, 0.29) is 6.04 Å². The summed E-state index contributed by atoms with van der Waals surface area (Å²) >= 11 is 5.16. The summed E-state index contributed by atoms with van der Waals surface area (Å²) in [6.07, 6.45) is 4.08. The summed E-state index contributed by atoms with van der Waals surface area (Å²) in [6, 6.07) is 0.279. The molecule has 0 spiro atoms. The fourth-order valence-electron chi connectivity index (χ4n) is 1.50. The van der Waals surface area contributed by atoms with Crippen LogP contribution in [0.1, 0.15) is 26.2 Å². The van der Waals surface area contributed by atoms with E-state index in [4.69, 9.17) is 17.0 Å². The average Bonchev–Trinajstić information content (AvgIpc) is 2.01. The smallest absolute Gasteiger partial charge is 0.166 e. The van der Waals surface area contributed by atoms with Crippen molar-refractivity contribution in [1.82, 2.24) is 10.6 Å². The van der Waals surface area contributed by atoms with Crippen molar-refractivity contribution in [1.29, 1.82) is 0 Å². The van der Waals surface area contributed by atoms with Crippen LogP contribution >= 0.6 is 12.2 Å². The number of nitrogens with one attached hydrogen (secondary N) is 2. The van der Waals surface area contributed by atoms with Gasteiger partial charge in [-0.1, -0.05) is 6.42 Å². The monoisotopic (exact) mass is 216 g/mol. The van der Waals surface area contributed by atoms with Gasteiger partial charge in [-0.05, 0) is 37.9 Å². The summed E-state index contributed by atoms with van der Waals surface area (Å²) in [5.74, 6) is 0.840. The van der Waals surface area contributed by atoms with Crippen molar-refractivity contribution >= 4 is 17.3 Å². The first kappa shape index (κ1) is 11.7. The molecule has 0 aromatic carbocycles. The van der Waals surface area contributed by atoms with Crippen molar-refractivity contribution in [2.75, 3.05) is 20.3 Å². The lowest BCUT2D eigenvalue weighted by Crippen LogP contribution is -2.44. The van der Waals surface area contributed by atoms with E-state index in [0.717, 1.165) is 17.6 Å². The van der Waals surface area contributed by atoms with Gasteiger partial charge in [-0.25, -0.2) is 0 Å². The molecule has 0 bridgehead atoms. The lowest BCUT2D eigenvalue weighted by atomic mass is 9.85. The Morgan fingerprint density at radius 1 is 1.57 bits per heavy atom. The van der Waals surface area contributed by atoms with E-state index in [1.54, 1.807) is 7.11 Å². The van der Waals surface area contributed by atoms with Crippen molar-refractivity contribution < 1.29 is 4.74 Å². The van der Waals surface area contributed by atoms with Crippen LogP contribution in [-0.4, -0.2) is 31.4 Å². The molecule has 1 aliphatic carbocycles. The molecule has 0 radical (unpaired) electrons. The van der Waals surface area contributed by atoms with Gasteiger partial charge in [0.1, 0.15) is 0 Å². The predicted octanol–water partition coefficient (Wildman–Crippen LogP) is 1.29. The number of hydrogen-bond donors (Lipinski definition) is 2. The van der Waals surface area contributed by atoms with Crippen LogP contribution in [0.15, 0.2) is 0 Å². The largest absolute Gasteiger partial charge is 0.383 e. The summed E-state index contributed by atoms with van der Waals surface area (Å²) in [5.41, 5.74) is 0. The highest BCUT2D eigenvalue weighted by atomic mass is 32.1. The Labute approximate surface area is 91.6 Å². The molecule has 0 heterocycles. The summed E-state index contributed by atoms with van der Waals surface area (Å²) in [5, 5.41) is 7.17. The minimum atomic E-state index is 0.279. The third-order valence-corrected chi connectivity index (χ3v) is 2.83. The first-order chi connectivity index (χ1) is 6.72. The first-order valence-electron chi connectivity index (χ1n) is 5.25. The molecular formula is C10H20N2OS. The zero-order valence-corrected chi connectivity index (χ0v) is 9.82. The Balaban J connectivity index is 2.02. The van der Waals surface area contributed by atoms with Crippen LogP contribution in [0.3, 0.4) is 0 Å². The van der Waals surface area contributed by atoms with Crippen LogP contribution in [0.2, 0.25) is 0 Å². The van der Waals surface area contributed by atoms with E-state index in [1.807, 2.05) is 0 Å². The van der Waals surface area contributed by atoms with E-state index in [9.17, 15) is 0 Å². The third-order valence-electron chi connectivity index (χ3n) is 2.57. The SMILES string of the molecule is COCC(C)NC(=S)NCC1CCC1. The summed E-state index contributed by atoms with van der Waals surface area (Å²) in [4.78, 5) is 0. The van der Waals surface area contributed by atoms with Crippen molar-refractivity contribution in [2.24, 2.45) is 5.92 Å². The van der Waals surface area contributed by atoms with Crippen LogP contribution in [0.4, 0.5) is 0 Å². The normalized spacial score (nSPS) is 18.4. The van der Waals surface area contributed by atoms with Gasteiger partial charge in [0, 0.05) is 19.7 Å². The van der Waals surface area contributed by atoms with Crippen molar-refractivity contribution in [3.8, 4) is 0 Å². The number of hydrogen-bond acceptors (Lipinski definition) is 2. The number of ether oxygens (including phenoxy) is 1. The van der Waals surface area contributed by atoms with Crippen molar-refractivity contribution in [2.45, 2.75) is 32.2 Å². The van der Waals surface area contributed by atoms with Gasteiger partial charge in [0.15, 0.2) is 5.11 Å². The predicted molar refractivity (Wildman–Crippen MR) is 62.4 cm³/mol. The minimum Gasteiger partial charge on any atom is -0.383 e. The van der Waals surface area contributed by atoms with E-state index in [0.29, 0.717) is 6.61 Å². The molecule has 0 aliphatic heterocycles. The molecule has 82 valence electrons. The fourth-order valence-corrected chi connectivity index (χ4v) is 1.78. The molecule has 14 heavy (non-hydrogen) atoms. The summed E-state index contributed by atoms with van der Waals surface area (Å²) in [7, 11) is 1.70. The maximum Gasteiger partial charge on any atom is 0.166 e. The van der Waals surface area contributed by atoms with Gasteiger partial charge >= 0.3 is 0 Å². The zero-order chi connectivity index (χ0) is 10.4. The topological polar surface area (TPSA) is 33.3 Å². The highest BCUT2D eigenvalue weighted by Crippen LogP contribution is 2.24. The molecule has 1 unspecified atom stereocenters. The molecule has 3 nitrogen and oxygen atoms in total. The lowest BCUT2D eigenvalue weighted by Gasteiger charge is -2.26. The van der Waals surface area contributed by atoms with E-state index < -0.39 is 0 Å². The second-order valence-electron chi connectivity index (χ2n) is 4.01. The molecule has 1 atom stereocenters. The molecule has 1 saturated carbocycles. The molecular weight excluding hydrogens is 196 g/mol. The molecule has 0 aromatic heterocycles. The maximum absolute atomic E-state index is 5.16. The Hall–Kier alpha value is -0.350. The number of methoxy groups -OCH3 is 1. The highest BCUT2D eigenvalue weighted by molar-refractivity contribution is 7.80. The number of thiocarbonyl (C=S) groups is 1. The van der Waals surface area contributed by atoms with Crippen LogP contribution in [-0.2, 0) is 4.74 Å². The highest BCUT2D eigenvalue weighted by Gasteiger charge is 2.17. The third kappa shape index (κ3) is 4.24. The molecule has 2 N–H and O–H groups in total. The molecule has 4 heteroatoms. The van der Waals surface area contributed by atoms with Gasteiger partial charge < -0.3 is 15.4 Å². The first-order valence-corrected chi connectivity index (χ1v) is 5.66. The van der Waals surface area contributed by atoms with E-state index >= 15 is 0 Å². The van der Waals surface area contributed by atoms with Crippen molar-refractivity contribution in [3.63, 3.8) is 0 Å². The average molecular weight is 216 g/mol. The quantitative estimate of drug-likeness (QED) is 0.678. The lowest BCUT2D eigenvalue weighted by molar-refractivity contribution is 0.179. The van der Waals surface area contributed by atoms with Crippen LogP contribution < -0.4 is 10.6 Å². The Morgan fingerprint density at radius 2 is 2.29 bits per heavy atom. The summed E-state index contributed by atoms with van der Waals surface area (Å²) in [6.45, 7) is 3.76. The Bertz CT molecular complexity index is 183. The van der Waals surface area contributed by atoms with E-state index in [1.165, 1.54) is 19.3 Å². The van der Waals surface area contributed by atoms with E-state index in [2.05, 4.69) is 17.6 Å². The summed E-state index contributed by atoms with van der Waals surface area (Å²) < 4.78 is 5.01. The molecule has 1 aliphatic rings. The van der Waals surface area contributed by atoms with Gasteiger partial charge in [0.2, 0.25) is 0 Å². The van der Waals surface area contributed by atoms with Gasteiger partial charge in [-0.3, -0.25) is 0 Å². The van der Waals surface area contributed by atoms with Gasteiger partial charge in [-0.2, -0.15) is 0 Å². The molecule has 0 amide bonds. The van der Waals surface area contributed by atoms with Crippen LogP contribution in [0.5, 0.6) is 0 Å². The Morgan fingerprint density at radius 3 is 2.79 bits per heavy atom. The van der Waals surface area contributed by atoms with Gasteiger partial charge in [0.05, 0.1) is 6.61 Å². The fraction of sp³-hybridized carbons (Fsp3) is 0.900. The van der Waals surface area contributed by atoms with Crippen LogP contribution in [0.25, 0.3) is 0 Å².